The van der Waals surface area contributed by atoms with Gasteiger partial charge in [-0.3, -0.25) is 4.79 Å². The van der Waals surface area contributed by atoms with Gasteiger partial charge in [-0.25, -0.2) is 4.98 Å². The average molecular weight is 252 g/mol. The zero-order valence-electron chi connectivity index (χ0n) is 11.1. The average Bonchev–Trinajstić information content (AvgIpc) is 2.40. The number of rotatable bonds is 3. The summed E-state index contributed by atoms with van der Waals surface area (Å²) in [6.07, 6.45) is 1.85. The third-order valence-electron chi connectivity index (χ3n) is 2.67. The van der Waals surface area contributed by atoms with Crippen LogP contribution in [0, 0.1) is 6.92 Å². The van der Waals surface area contributed by atoms with Crippen molar-refractivity contribution in [1.29, 1.82) is 0 Å². The summed E-state index contributed by atoms with van der Waals surface area (Å²) in [5.41, 5.74) is 2.53. The van der Waals surface area contributed by atoms with Crippen molar-refractivity contribution in [2.24, 2.45) is 0 Å². The molecule has 2 rings (SSSR count). The van der Waals surface area contributed by atoms with E-state index in [9.17, 15) is 4.79 Å². The van der Waals surface area contributed by atoms with Crippen LogP contribution in [0.15, 0.2) is 54.1 Å². The normalized spacial score (nSPS) is 11.2. The van der Waals surface area contributed by atoms with E-state index in [0.717, 1.165) is 11.3 Å². The summed E-state index contributed by atoms with van der Waals surface area (Å²) < 4.78 is 0. The maximum Gasteiger partial charge on any atom is 0.252 e. The summed E-state index contributed by atoms with van der Waals surface area (Å²) >= 11 is 0. The molecule has 0 saturated heterocycles. The molecule has 0 bridgehead atoms. The highest BCUT2D eigenvalue weighted by molar-refractivity contribution is 6.05. The van der Waals surface area contributed by atoms with Crippen LogP contribution >= 0.6 is 0 Å². The minimum absolute atomic E-state index is 0.137. The lowest BCUT2D eigenvalue weighted by atomic mass is 10.1. The summed E-state index contributed by atoms with van der Waals surface area (Å²) in [6, 6.07) is 15.3. The standard InChI is InChI=1S/C16H16N2O/c1-12(11-14-8-4-3-5-9-14)16(19)18-15-10-6-7-13(2)17-15/h3-11H,1-2H3,(H,17,18,19). The molecule has 0 fully saturated rings. The molecule has 0 aliphatic rings. The van der Waals surface area contributed by atoms with Crippen LogP contribution in [-0.2, 0) is 4.79 Å². The van der Waals surface area contributed by atoms with Gasteiger partial charge in [0, 0.05) is 11.3 Å². The van der Waals surface area contributed by atoms with Gasteiger partial charge in [-0.15, -0.1) is 0 Å². The number of nitrogens with zero attached hydrogens (tertiary/aromatic N) is 1. The lowest BCUT2D eigenvalue weighted by molar-refractivity contribution is -0.112. The van der Waals surface area contributed by atoms with Crippen LogP contribution in [-0.4, -0.2) is 10.9 Å². The predicted octanol–water partition coefficient (Wildman–Crippen LogP) is 3.43. The van der Waals surface area contributed by atoms with Gasteiger partial charge in [0.2, 0.25) is 0 Å². The number of carbonyl (C=O) groups is 1. The van der Waals surface area contributed by atoms with Gasteiger partial charge in [0.1, 0.15) is 5.82 Å². The topological polar surface area (TPSA) is 42.0 Å². The number of hydrogen-bond donors (Lipinski definition) is 1. The zero-order valence-corrected chi connectivity index (χ0v) is 11.1. The third kappa shape index (κ3) is 3.78. The molecule has 1 N–H and O–H groups in total. The highest BCUT2D eigenvalue weighted by Gasteiger charge is 2.05. The van der Waals surface area contributed by atoms with Crippen molar-refractivity contribution in [2.75, 3.05) is 5.32 Å². The number of pyridine rings is 1. The lowest BCUT2D eigenvalue weighted by Crippen LogP contribution is -2.13. The number of anilines is 1. The molecule has 0 spiro atoms. The molecule has 0 unspecified atom stereocenters. The highest BCUT2D eigenvalue weighted by Crippen LogP contribution is 2.09. The number of aromatic nitrogens is 1. The Morgan fingerprint density at radius 3 is 2.53 bits per heavy atom. The van der Waals surface area contributed by atoms with E-state index in [1.807, 2.05) is 55.5 Å². The zero-order chi connectivity index (χ0) is 13.7. The van der Waals surface area contributed by atoms with Gasteiger partial charge >= 0.3 is 0 Å². The summed E-state index contributed by atoms with van der Waals surface area (Å²) in [6.45, 7) is 3.68. The molecule has 0 saturated carbocycles. The molecular formula is C16H16N2O. The van der Waals surface area contributed by atoms with E-state index in [1.165, 1.54) is 0 Å². The predicted molar refractivity (Wildman–Crippen MR) is 77.7 cm³/mol. The second kappa shape index (κ2) is 5.96. The summed E-state index contributed by atoms with van der Waals surface area (Å²) in [4.78, 5) is 16.3. The number of carbonyl (C=O) groups excluding carboxylic acids is 1. The van der Waals surface area contributed by atoms with E-state index in [-0.39, 0.29) is 5.91 Å². The molecule has 1 aromatic heterocycles. The summed E-state index contributed by atoms with van der Waals surface area (Å²) in [5, 5.41) is 2.78. The van der Waals surface area contributed by atoms with E-state index >= 15 is 0 Å². The first-order valence-electron chi connectivity index (χ1n) is 6.13. The number of amides is 1. The van der Waals surface area contributed by atoms with Crippen molar-refractivity contribution in [3.63, 3.8) is 0 Å². The van der Waals surface area contributed by atoms with E-state index in [4.69, 9.17) is 0 Å². The molecule has 0 radical (unpaired) electrons. The van der Waals surface area contributed by atoms with Crippen LogP contribution in [0.25, 0.3) is 6.08 Å². The first-order chi connectivity index (χ1) is 9.15. The maximum absolute atomic E-state index is 12.0. The van der Waals surface area contributed by atoms with Crippen molar-refractivity contribution in [3.8, 4) is 0 Å². The largest absolute Gasteiger partial charge is 0.307 e. The van der Waals surface area contributed by atoms with Crippen molar-refractivity contribution in [1.82, 2.24) is 4.98 Å². The van der Waals surface area contributed by atoms with Crippen molar-refractivity contribution in [2.45, 2.75) is 13.8 Å². The van der Waals surface area contributed by atoms with E-state index in [1.54, 1.807) is 13.0 Å². The molecule has 2 aromatic rings. The van der Waals surface area contributed by atoms with Gasteiger partial charge in [-0.05, 0) is 37.6 Å². The van der Waals surface area contributed by atoms with Gasteiger partial charge in [0.05, 0.1) is 0 Å². The van der Waals surface area contributed by atoms with Crippen molar-refractivity contribution in [3.05, 3.63) is 65.4 Å². The Balaban J connectivity index is 2.10. The fraction of sp³-hybridized carbons (Fsp3) is 0.125. The van der Waals surface area contributed by atoms with E-state index in [0.29, 0.717) is 11.4 Å². The second-order valence-corrected chi connectivity index (χ2v) is 4.36. The quantitative estimate of drug-likeness (QED) is 0.850. The molecule has 0 atom stereocenters. The van der Waals surface area contributed by atoms with Gasteiger partial charge < -0.3 is 5.32 Å². The molecule has 3 nitrogen and oxygen atoms in total. The molecule has 1 amide bonds. The van der Waals surface area contributed by atoms with Crippen molar-refractivity contribution >= 4 is 17.8 Å². The maximum atomic E-state index is 12.0. The first-order valence-corrected chi connectivity index (χ1v) is 6.13. The van der Waals surface area contributed by atoms with Crippen LogP contribution in [0.3, 0.4) is 0 Å². The van der Waals surface area contributed by atoms with Crippen LogP contribution in [0.5, 0.6) is 0 Å². The minimum Gasteiger partial charge on any atom is -0.307 e. The SMILES string of the molecule is CC(=Cc1ccccc1)C(=O)Nc1cccc(C)n1. The van der Waals surface area contributed by atoms with Crippen LogP contribution in [0.2, 0.25) is 0 Å². The van der Waals surface area contributed by atoms with Gasteiger partial charge in [0.15, 0.2) is 0 Å². The third-order valence-corrected chi connectivity index (χ3v) is 2.67. The molecule has 1 aromatic carbocycles. The van der Waals surface area contributed by atoms with Crippen LogP contribution < -0.4 is 5.32 Å². The van der Waals surface area contributed by atoms with E-state index < -0.39 is 0 Å². The fourth-order valence-corrected chi connectivity index (χ4v) is 1.69. The minimum atomic E-state index is -0.137. The molecular weight excluding hydrogens is 236 g/mol. The monoisotopic (exact) mass is 252 g/mol. The number of aryl methyl sites for hydroxylation is 1. The molecule has 19 heavy (non-hydrogen) atoms. The Morgan fingerprint density at radius 1 is 1.11 bits per heavy atom. The highest BCUT2D eigenvalue weighted by atomic mass is 16.1. The van der Waals surface area contributed by atoms with E-state index in [2.05, 4.69) is 10.3 Å². The summed E-state index contributed by atoms with van der Waals surface area (Å²) in [7, 11) is 0. The number of nitrogens with one attached hydrogen (secondary N) is 1. The van der Waals surface area contributed by atoms with Crippen molar-refractivity contribution < 1.29 is 4.79 Å². The Bertz CT molecular complexity index is 603. The molecule has 96 valence electrons. The van der Waals surface area contributed by atoms with Gasteiger partial charge in [-0.1, -0.05) is 36.4 Å². The first kappa shape index (κ1) is 13.0. The molecule has 3 heteroatoms. The Morgan fingerprint density at radius 2 is 1.84 bits per heavy atom. The summed E-state index contributed by atoms with van der Waals surface area (Å²) in [5.74, 6) is 0.438. The Labute approximate surface area is 113 Å². The van der Waals surface area contributed by atoms with Gasteiger partial charge in [0.25, 0.3) is 5.91 Å². The Hall–Kier alpha value is -2.42. The van der Waals surface area contributed by atoms with Crippen LogP contribution in [0.1, 0.15) is 18.2 Å². The lowest BCUT2D eigenvalue weighted by Gasteiger charge is -2.05. The van der Waals surface area contributed by atoms with Gasteiger partial charge in [-0.2, -0.15) is 0 Å². The number of hydrogen-bond acceptors (Lipinski definition) is 2. The number of benzene rings is 1. The molecule has 0 aliphatic carbocycles. The second-order valence-electron chi connectivity index (χ2n) is 4.36. The molecule has 1 heterocycles. The molecule has 0 aliphatic heterocycles. The smallest absolute Gasteiger partial charge is 0.252 e. The Kier molecular flexibility index (Phi) is 4.08. The van der Waals surface area contributed by atoms with Crippen LogP contribution in [0.4, 0.5) is 5.82 Å². The fourth-order valence-electron chi connectivity index (χ4n) is 1.69.